The highest BCUT2D eigenvalue weighted by Gasteiger charge is 2.53. The van der Waals surface area contributed by atoms with Crippen molar-refractivity contribution in [2.24, 2.45) is 23.7 Å². The average Bonchev–Trinajstić information content (AvgIpc) is 2.47. The first-order valence-electron chi connectivity index (χ1n) is 7.02. The molecule has 104 valence electrons. The van der Waals surface area contributed by atoms with Gasteiger partial charge in [0.25, 0.3) is 0 Å². The van der Waals surface area contributed by atoms with Crippen LogP contribution in [-0.2, 0) is 0 Å². The summed E-state index contributed by atoms with van der Waals surface area (Å²) in [5.74, 6) is -0.0257. The second-order valence-electron chi connectivity index (χ2n) is 6.77. The Balaban J connectivity index is 2.38. The van der Waals surface area contributed by atoms with E-state index >= 15 is 0 Å². The normalized spacial score (nSPS) is 49.3. The van der Waals surface area contributed by atoms with Crippen molar-refractivity contribution in [2.75, 3.05) is 0 Å². The van der Waals surface area contributed by atoms with Crippen LogP contribution in [0.25, 0.3) is 0 Å². The molecule has 3 heteroatoms. The number of aliphatic hydroxyl groups excluding tert-OH is 2. The van der Waals surface area contributed by atoms with Gasteiger partial charge in [0, 0.05) is 11.8 Å². The summed E-state index contributed by atoms with van der Waals surface area (Å²) in [6.07, 6.45) is 0.928. The summed E-state index contributed by atoms with van der Waals surface area (Å²) in [7, 11) is 0. The summed E-state index contributed by atoms with van der Waals surface area (Å²) < 4.78 is 0. The van der Waals surface area contributed by atoms with Gasteiger partial charge >= 0.3 is 0 Å². The van der Waals surface area contributed by atoms with E-state index in [1.54, 1.807) is 0 Å². The zero-order chi connectivity index (χ0) is 13.7. The Bertz CT molecular complexity index is 335. The standard InChI is InChI=1S/C15H26O3/c1-8(2)12-11(16)7-9(3)10-5-6-15(4,18)13(10)14(12)17/h8,10-14,16-18H,3,5-7H2,1-2,4H3/t10-,11+,12+,13+,14+,15-/m0/s1. The van der Waals surface area contributed by atoms with Crippen LogP contribution in [0.2, 0.25) is 0 Å². The Hall–Kier alpha value is -0.380. The Morgan fingerprint density at radius 1 is 1.33 bits per heavy atom. The molecule has 2 aliphatic rings. The number of fused-ring (bicyclic) bond motifs is 1. The van der Waals surface area contributed by atoms with E-state index in [4.69, 9.17) is 0 Å². The largest absolute Gasteiger partial charge is 0.392 e. The van der Waals surface area contributed by atoms with Crippen molar-refractivity contribution in [1.29, 1.82) is 0 Å². The van der Waals surface area contributed by atoms with Crippen molar-refractivity contribution in [2.45, 2.75) is 57.8 Å². The summed E-state index contributed by atoms with van der Waals surface area (Å²) in [4.78, 5) is 0. The smallest absolute Gasteiger partial charge is 0.0678 e. The molecule has 6 atom stereocenters. The predicted molar refractivity (Wildman–Crippen MR) is 70.9 cm³/mol. The summed E-state index contributed by atoms with van der Waals surface area (Å²) in [5.41, 5.74) is 0.150. The fraction of sp³-hybridized carbons (Fsp3) is 0.867. The average molecular weight is 254 g/mol. The molecular formula is C15H26O3. The van der Waals surface area contributed by atoms with Gasteiger partial charge in [-0.3, -0.25) is 0 Å². The lowest BCUT2D eigenvalue weighted by Crippen LogP contribution is -2.46. The highest BCUT2D eigenvalue weighted by atomic mass is 16.3. The molecule has 3 nitrogen and oxygen atoms in total. The topological polar surface area (TPSA) is 60.7 Å². The van der Waals surface area contributed by atoms with E-state index in [0.717, 1.165) is 12.0 Å². The van der Waals surface area contributed by atoms with Crippen molar-refractivity contribution in [1.82, 2.24) is 0 Å². The van der Waals surface area contributed by atoms with Crippen LogP contribution in [0.4, 0.5) is 0 Å². The van der Waals surface area contributed by atoms with E-state index in [2.05, 4.69) is 6.58 Å². The number of hydrogen-bond acceptors (Lipinski definition) is 3. The minimum Gasteiger partial charge on any atom is -0.392 e. The molecule has 0 radical (unpaired) electrons. The van der Waals surface area contributed by atoms with Crippen molar-refractivity contribution >= 4 is 0 Å². The van der Waals surface area contributed by atoms with Crippen LogP contribution in [-0.4, -0.2) is 33.1 Å². The molecule has 0 bridgehead atoms. The van der Waals surface area contributed by atoms with Gasteiger partial charge in [-0.15, -0.1) is 0 Å². The molecule has 0 aromatic rings. The minimum atomic E-state index is -0.843. The molecule has 2 rings (SSSR count). The quantitative estimate of drug-likeness (QED) is 0.624. The van der Waals surface area contributed by atoms with Crippen LogP contribution in [0.3, 0.4) is 0 Å². The lowest BCUT2D eigenvalue weighted by atomic mass is 9.74. The van der Waals surface area contributed by atoms with Gasteiger partial charge in [-0.05, 0) is 38.0 Å². The zero-order valence-electron chi connectivity index (χ0n) is 11.6. The molecule has 0 aromatic carbocycles. The van der Waals surface area contributed by atoms with Crippen LogP contribution in [0.5, 0.6) is 0 Å². The van der Waals surface area contributed by atoms with Gasteiger partial charge in [0.15, 0.2) is 0 Å². The Morgan fingerprint density at radius 3 is 2.50 bits per heavy atom. The first kappa shape index (κ1) is 14.0. The van der Waals surface area contributed by atoms with E-state index in [-0.39, 0.29) is 23.7 Å². The van der Waals surface area contributed by atoms with Crippen molar-refractivity contribution < 1.29 is 15.3 Å². The molecule has 0 heterocycles. The molecule has 2 saturated carbocycles. The molecule has 3 N–H and O–H groups in total. The van der Waals surface area contributed by atoms with E-state index in [1.165, 1.54) is 0 Å². The molecule has 0 aliphatic heterocycles. The second kappa shape index (κ2) is 4.62. The van der Waals surface area contributed by atoms with Crippen molar-refractivity contribution in [3.8, 4) is 0 Å². The van der Waals surface area contributed by atoms with Crippen molar-refractivity contribution in [3.05, 3.63) is 12.2 Å². The van der Waals surface area contributed by atoms with Gasteiger partial charge in [-0.1, -0.05) is 26.0 Å². The van der Waals surface area contributed by atoms with Gasteiger partial charge in [0.05, 0.1) is 17.8 Å². The SMILES string of the molecule is C=C1C[C@@H](O)[C@@H](C(C)C)[C@@H](O)[C@H]2[C@H]1CC[C@]2(C)O. The van der Waals surface area contributed by atoms with E-state index in [0.29, 0.717) is 12.8 Å². The second-order valence-corrected chi connectivity index (χ2v) is 6.77. The van der Waals surface area contributed by atoms with Crippen molar-refractivity contribution in [3.63, 3.8) is 0 Å². The summed E-state index contributed by atoms with van der Waals surface area (Å²) in [5, 5.41) is 31.4. The molecule has 2 fully saturated rings. The first-order valence-corrected chi connectivity index (χ1v) is 7.02. The zero-order valence-corrected chi connectivity index (χ0v) is 11.6. The molecule has 0 spiro atoms. The van der Waals surface area contributed by atoms with Gasteiger partial charge in [-0.2, -0.15) is 0 Å². The fourth-order valence-corrected chi connectivity index (χ4v) is 4.15. The maximum absolute atomic E-state index is 10.7. The maximum Gasteiger partial charge on any atom is 0.0678 e. The Labute approximate surface area is 110 Å². The van der Waals surface area contributed by atoms with Gasteiger partial charge < -0.3 is 15.3 Å². The number of aliphatic hydroxyl groups is 3. The third-order valence-corrected chi connectivity index (χ3v) is 5.09. The monoisotopic (exact) mass is 254 g/mol. The summed E-state index contributed by atoms with van der Waals surface area (Å²) >= 11 is 0. The van der Waals surface area contributed by atoms with Crippen LogP contribution in [0.15, 0.2) is 12.2 Å². The van der Waals surface area contributed by atoms with Crippen LogP contribution in [0, 0.1) is 23.7 Å². The minimum absolute atomic E-state index is 0.147. The van der Waals surface area contributed by atoms with Gasteiger partial charge in [-0.25, -0.2) is 0 Å². The molecule has 0 unspecified atom stereocenters. The van der Waals surface area contributed by atoms with Gasteiger partial charge in [0.1, 0.15) is 0 Å². The molecule has 0 amide bonds. The van der Waals surface area contributed by atoms with Crippen LogP contribution < -0.4 is 0 Å². The van der Waals surface area contributed by atoms with E-state index < -0.39 is 17.8 Å². The highest BCUT2D eigenvalue weighted by molar-refractivity contribution is 5.16. The molecule has 0 aromatic heterocycles. The fourth-order valence-electron chi connectivity index (χ4n) is 4.15. The summed E-state index contributed by atoms with van der Waals surface area (Å²) in [6.45, 7) is 9.92. The molecule has 0 saturated heterocycles. The number of rotatable bonds is 1. The third kappa shape index (κ3) is 2.13. The first-order chi connectivity index (χ1) is 8.25. The van der Waals surface area contributed by atoms with Crippen LogP contribution in [0.1, 0.15) is 40.0 Å². The van der Waals surface area contributed by atoms with E-state index in [1.807, 2.05) is 20.8 Å². The van der Waals surface area contributed by atoms with Gasteiger partial charge in [0.2, 0.25) is 0 Å². The maximum atomic E-state index is 10.7. The van der Waals surface area contributed by atoms with E-state index in [9.17, 15) is 15.3 Å². The number of hydrogen-bond donors (Lipinski definition) is 3. The third-order valence-electron chi connectivity index (χ3n) is 5.09. The van der Waals surface area contributed by atoms with Crippen LogP contribution >= 0.6 is 0 Å². The highest BCUT2D eigenvalue weighted by Crippen LogP contribution is 2.51. The molecular weight excluding hydrogens is 228 g/mol. The lowest BCUT2D eigenvalue weighted by Gasteiger charge is -2.37. The lowest BCUT2D eigenvalue weighted by molar-refractivity contribution is -0.0930. The molecule has 18 heavy (non-hydrogen) atoms. The Morgan fingerprint density at radius 2 is 1.94 bits per heavy atom. The molecule has 2 aliphatic carbocycles. The Kier molecular flexibility index (Phi) is 3.60. The summed E-state index contributed by atoms with van der Waals surface area (Å²) in [6, 6.07) is 0. The predicted octanol–water partition coefficient (Wildman–Crippen LogP) is 1.72.